The minimum absolute atomic E-state index is 0.508. The lowest BCUT2D eigenvalue weighted by Gasteiger charge is -2.07. The summed E-state index contributed by atoms with van der Waals surface area (Å²) in [6, 6.07) is 12.5. The Morgan fingerprint density at radius 3 is 2.43 bits per heavy atom. The Labute approximate surface area is 127 Å². The van der Waals surface area contributed by atoms with Crippen molar-refractivity contribution in [2.75, 3.05) is 7.05 Å². The first-order chi connectivity index (χ1) is 10.3. The van der Waals surface area contributed by atoms with Gasteiger partial charge in [0, 0.05) is 12.7 Å². The molecule has 0 fully saturated rings. The Kier molecular flexibility index (Phi) is 6.22. The van der Waals surface area contributed by atoms with E-state index in [1.54, 1.807) is 0 Å². The van der Waals surface area contributed by atoms with Gasteiger partial charge in [-0.25, -0.2) is 0 Å². The van der Waals surface area contributed by atoms with Crippen LogP contribution in [0.3, 0.4) is 0 Å². The van der Waals surface area contributed by atoms with Gasteiger partial charge >= 0.3 is 0 Å². The second kappa shape index (κ2) is 8.42. The van der Waals surface area contributed by atoms with Crippen molar-refractivity contribution >= 4 is 0 Å². The number of aromatic nitrogens is 1. The topological polar surface area (TPSA) is 34.1 Å². The Morgan fingerprint density at radius 2 is 1.81 bits per heavy atom. The molecule has 3 heteroatoms. The summed E-state index contributed by atoms with van der Waals surface area (Å²) in [5.74, 6) is 0.899. The van der Waals surface area contributed by atoms with Crippen LogP contribution in [0, 0.1) is 0 Å². The zero-order chi connectivity index (χ0) is 14.9. The quantitative estimate of drug-likeness (QED) is 0.802. The number of nitrogens with one attached hydrogen (secondary N) is 1. The summed E-state index contributed by atoms with van der Waals surface area (Å²) in [4.78, 5) is 4.41. The largest absolute Gasteiger partial charge is 0.487 e. The number of ether oxygens (including phenoxy) is 1. The van der Waals surface area contributed by atoms with Gasteiger partial charge in [0.15, 0.2) is 0 Å². The first-order valence-electron chi connectivity index (χ1n) is 7.62. The summed E-state index contributed by atoms with van der Waals surface area (Å²) >= 11 is 0. The van der Waals surface area contributed by atoms with Gasteiger partial charge in [-0.1, -0.05) is 31.5 Å². The third kappa shape index (κ3) is 5.20. The first-order valence-corrected chi connectivity index (χ1v) is 7.62. The minimum atomic E-state index is 0.508. The van der Waals surface area contributed by atoms with Crippen LogP contribution in [-0.4, -0.2) is 12.0 Å². The third-order valence-corrected chi connectivity index (χ3v) is 3.40. The van der Waals surface area contributed by atoms with Crippen molar-refractivity contribution in [3.05, 3.63) is 59.4 Å². The van der Waals surface area contributed by atoms with Gasteiger partial charge in [0.05, 0.1) is 5.69 Å². The number of pyridine rings is 1. The maximum Gasteiger partial charge on any atom is 0.130 e. The van der Waals surface area contributed by atoms with Crippen molar-refractivity contribution in [1.29, 1.82) is 0 Å². The Hall–Kier alpha value is -1.87. The molecule has 112 valence electrons. The molecule has 0 radical (unpaired) electrons. The lowest BCUT2D eigenvalue weighted by molar-refractivity contribution is 0.301. The second-order valence-electron chi connectivity index (χ2n) is 5.22. The molecule has 0 aliphatic carbocycles. The smallest absolute Gasteiger partial charge is 0.130 e. The number of aryl methyl sites for hydroxylation is 1. The molecule has 0 unspecified atom stereocenters. The highest BCUT2D eigenvalue weighted by molar-refractivity contribution is 5.27. The summed E-state index contributed by atoms with van der Waals surface area (Å²) in [6.07, 6.45) is 5.50. The van der Waals surface area contributed by atoms with E-state index in [9.17, 15) is 0 Å². The van der Waals surface area contributed by atoms with Gasteiger partial charge in [-0.05, 0) is 49.2 Å². The maximum absolute atomic E-state index is 5.77. The molecule has 0 spiro atoms. The fourth-order valence-corrected chi connectivity index (χ4v) is 2.14. The molecule has 0 bridgehead atoms. The number of benzene rings is 1. The maximum atomic E-state index is 5.77. The molecule has 0 amide bonds. The van der Waals surface area contributed by atoms with Crippen LogP contribution in [0.25, 0.3) is 0 Å². The molecule has 21 heavy (non-hydrogen) atoms. The second-order valence-corrected chi connectivity index (χ2v) is 5.22. The van der Waals surface area contributed by atoms with Crippen molar-refractivity contribution in [2.24, 2.45) is 0 Å². The highest BCUT2D eigenvalue weighted by atomic mass is 16.5. The zero-order valence-corrected chi connectivity index (χ0v) is 12.9. The van der Waals surface area contributed by atoms with Crippen LogP contribution in [0.4, 0.5) is 0 Å². The van der Waals surface area contributed by atoms with Gasteiger partial charge in [-0.2, -0.15) is 0 Å². The number of nitrogens with zero attached hydrogens (tertiary/aromatic N) is 1. The number of rotatable bonds is 8. The van der Waals surface area contributed by atoms with Crippen molar-refractivity contribution < 1.29 is 4.74 Å². The molecular weight excluding hydrogens is 260 g/mol. The highest BCUT2D eigenvalue weighted by Gasteiger charge is 1.99. The summed E-state index contributed by atoms with van der Waals surface area (Å²) < 4.78 is 5.77. The predicted molar refractivity (Wildman–Crippen MR) is 86.4 cm³/mol. The van der Waals surface area contributed by atoms with E-state index in [0.717, 1.165) is 24.4 Å². The van der Waals surface area contributed by atoms with E-state index in [4.69, 9.17) is 4.74 Å². The van der Waals surface area contributed by atoms with Gasteiger partial charge in [0.1, 0.15) is 12.4 Å². The normalized spacial score (nSPS) is 10.6. The number of hydrogen-bond donors (Lipinski definition) is 1. The van der Waals surface area contributed by atoms with E-state index in [1.807, 2.05) is 31.4 Å². The Morgan fingerprint density at radius 1 is 1.05 bits per heavy atom. The molecule has 1 aromatic carbocycles. The van der Waals surface area contributed by atoms with Crippen LogP contribution in [0.15, 0.2) is 42.6 Å². The molecule has 1 aromatic heterocycles. The zero-order valence-electron chi connectivity index (χ0n) is 12.9. The van der Waals surface area contributed by atoms with Crippen LogP contribution < -0.4 is 10.1 Å². The van der Waals surface area contributed by atoms with Crippen LogP contribution >= 0.6 is 0 Å². The summed E-state index contributed by atoms with van der Waals surface area (Å²) in [5.41, 5.74) is 3.50. The van der Waals surface area contributed by atoms with Crippen molar-refractivity contribution in [3.8, 4) is 5.75 Å². The third-order valence-electron chi connectivity index (χ3n) is 3.40. The molecular formula is C18H24N2O. The Bertz CT molecular complexity index is 520. The van der Waals surface area contributed by atoms with Crippen LogP contribution in [0.5, 0.6) is 5.75 Å². The predicted octanol–water partition coefficient (Wildman–Crippen LogP) is 3.72. The van der Waals surface area contributed by atoms with Crippen LogP contribution in [0.1, 0.15) is 36.6 Å². The van der Waals surface area contributed by atoms with Gasteiger partial charge in [0.2, 0.25) is 0 Å². The summed E-state index contributed by atoms with van der Waals surface area (Å²) in [6.45, 7) is 3.56. The lowest BCUT2D eigenvalue weighted by atomic mass is 10.1. The molecule has 0 aliphatic heterocycles. The fourth-order valence-electron chi connectivity index (χ4n) is 2.14. The Balaban J connectivity index is 1.84. The molecule has 0 saturated heterocycles. The lowest BCUT2D eigenvalue weighted by Crippen LogP contribution is -2.06. The summed E-state index contributed by atoms with van der Waals surface area (Å²) in [5, 5.41) is 3.11. The van der Waals surface area contributed by atoms with Crippen molar-refractivity contribution in [2.45, 2.75) is 39.3 Å². The molecule has 2 aromatic rings. The van der Waals surface area contributed by atoms with Crippen LogP contribution in [0.2, 0.25) is 0 Å². The van der Waals surface area contributed by atoms with Gasteiger partial charge in [-0.3, -0.25) is 4.98 Å². The van der Waals surface area contributed by atoms with E-state index in [-0.39, 0.29) is 0 Å². The van der Waals surface area contributed by atoms with E-state index in [0.29, 0.717) is 6.61 Å². The number of hydrogen-bond acceptors (Lipinski definition) is 3. The average Bonchev–Trinajstić information content (AvgIpc) is 2.53. The monoisotopic (exact) mass is 284 g/mol. The standard InChI is InChI=1S/C18H24N2O/c1-3-4-5-15-7-10-18(11-8-15)21-14-17-9-6-16(12-19-2)13-20-17/h6-11,13,19H,3-5,12,14H2,1-2H3. The average molecular weight is 284 g/mol. The minimum Gasteiger partial charge on any atom is -0.487 e. The van der Waals surface area contributed by atoms with Crippen molar-refractivity contribution in [1.82, 2.24) is 10.3 Å². The SMILES string of the molecule is CCCCc1ccc(OCc2ccc(CNC)cn2)cc1. The molecule has 0 aliphatic rings. The van der Waals surface area contributed by atoms with E-state index >= 15 is 0 Å². The molecule has 3 nitrogen and oxygen atoms in total. The fraction of sp³-hybridized carbons (Fsp3) is 0.389. The van der Waals surface area contributed by atoms with Crippen LogP contribution in [-0.2, 0) is 19.6 Å². The molecule has 2 rings (SSSR count). The molecule has 1 heterocycles. The van der Waals surface area contributed by atoms with E-state index in [2.05, 4.69) is 35.4 Å². The molecule has 0 saturated carbocycles. The number of unbranched alkanes of at least 4 members (excludes halogenated alkanes) is 1. The molecule has 0 atom stereocenters. The van der Waals surface area contributed by atoms with E-state index < -0.39 is 0 Å². The first kappa shape index (κ1) is 15.5. The molecule has 1 N–H and O–H groups in total. The van der Waals surface area contributed by atoms with Gasteiger partial charge < -0.3 is 10.1 Å². The van der Waals surface area contributed by atoms with Gasteiger partial charge in [-0.15, -0.1) is 0 Å². The van der Waals surface area contributed by atoms with E-state index in [1.165, 1.54) is 24.0 Å². The summed E-state index contributed by atoms with van der Waals surface area (Å²) in [7, 11) is 1.93. The highest BCUT2D eigenvalue weighted by Crippen LogP contribution is 2.15. The van der Waals surface area contributed by atoms with Gasteiger partial charge in [0.25, 0.3) is 0 Å². The van der Waals surface area contributed by atoms with Crippen molar-refractivity contribution in [3.63, 3.8) is 0 Å².